The van der Waals surface area contributed by atoms with E-state index in [0.29, 0.717) is 18.4 Å². The van der Waals surface area contributed by atoms with E-state index in [1.807, 2.05) is 18.2 Å². The molecule has 0 amide bonds. The van der Waals surface area contributed by atoms with Crippen LogP contribution in [0.4, 0.5) is 4.39 Å². The molecule has 0 bridgehead atoms. The van der Waals surface area contributed by atoms with Crippen LogP contribution in [-0.2, 0) is 11.3 Å². The molecule has 22 heavy (non-hydrogen) atoms. The van der Waals surface area contributed by atoms with Gasteiger partial charge in [0.1, 0.15) is 5.82 Å². The Balaban J connectivity index is 1.85. The molecule has 1 aromatic carbocycles. The predicted molar refractivity (Wildman–Crippen MR) is 90.5 cm³/mol. The van der Waals surface area contributed by atoms with Crippen LogP contribution in [0.3, 0.4) is 0 Å². The quantitative estimate of drug-likeness (QED) is 0.423. The summed E-state index contributed by atoms with van der Waals surface area (Å²) in [6.45, 7) is 7.33. The van der Waals surface area contributed by atoms with Gasteiger partial charge in [0.05, 0.1) is 6.61 Å². The lowest BCUT2D eigenvalue weighted by atomic mass is 9.78. The maximum absolute atomic E-state index is 14.4. The third-order valence-electron chi connectivity index (χ3n) is 4.77. The molecule has 0 spiro atoms. The normalized spacial score (nSPS) is 21.7. The lowest BCUT2D eigenvalue weighted by molar-refractivity contribution is 0.117. The zero-order valence-electron chi connectivity index (χ0n) is 13.8. The van der Waals surface area contributed by atoms with Crippen molar-refractivity contribution >= 4 is 0 Å². The van der Waals surface area contributed by atoms with Crippen molar-refractivity contribution in [3.8, 4) is 0 Å². The molecule has 0 aliphatic heterocycles. The number of halogens is 1. The van der Waals surface area contributed by atoms with E-state index in [2.05, 4.69) is 13.5 Å². The van der Waals surface area contributed by atoms with Crippen LogP contribution in [0.2, 0.25) is 0 Å². The maximum atomic E-state index is 14.4. The van der Waals surface area contributed by atoms with E-state index < -0.39 is 0 Å². The first-order valence-corrected chi connectivity index (χ1v) is 8.73. The van der Waals surface area contributed by atoms with E-state index in [4.69, 9.17) is 4.74 Å². The molecular formula is C20H29FO. The van der Waals surface area contributed by atoms with E-state index in [1.165, 1.54) is 12.8 Å². The number of hydrogen-bond acceptors (Lipinski definition) is 1. The van der Waals surface area contributed by atoms with Gasteiger partial charge < -0.3 is 4.74 Å². The second-order valence-electron chi connectivity index (χ2n) is 6.46. The highest BCUT2D eigenvalue weighted by molar-refractivity contribution is 5.27. The van der Waals surface area contributed by atoms with Gasteiger partial charge in [-0.05, 0) is 61.1 Å². The second kappa shape index (κ2) is 9.09. The summed E-state index contributed by atoms with van der Waals surface area (Å²) < 4.78 is 20.0. The van der Waals surface area contributed by atoms with Gasteiger partial charge in [0, 0.05) is 6.61 Å². The highest BCUT2D eigenvalue weighted by Gasteiger charge is 2.22. The molecule has 0 saturated heterocycles. The number of benzene rings is 1. The molecule has 0 heterocycles. The molecule has 0 N–H and O–H groups in total. The van der Waals surface area contributed by atoms with Crippen LogP contribution in [0.5, 0.6) is 0 Å². The topological polar surface area (TPSA) is 9.23 Å². The number of unbranched alkanes of at least 4 members (excludes halogenated alkanes) is 2. The van der Waals surface area contributed by atoms with Gasteiger partial charge >= 0.3 is 0 Å². The second-order valence-corrected chi connectivity index (χ2v) is 6.46. The lowest BCUT2D eigenvalue weighted by Crippen LogP contribution is -2.13. The van der Waals surface area contributed by atoms with Crippen LogP contribution >= 0.6 is 0 Å². The van der Waals surface area contributed by atoms with E-state index in [9.17, 15) is 4.39 Å². The first kappa shape index (κ1) is 17.2. The fourth-order valence-electron chi connectivity index (χ4n) is 3.30. The van der Waals surface area contributed by atoms with Crippen molar-refractivity contribution in [2.75, 3.05) is 6.61 Å². The molecule has 122 valence electrons. The fraction of sp³-hybridized carbons (Fsp3) is 0.600. The zero-order valence-corrected chi connectivity index (χ0v) is 13.8. The summed E-state index contributed by atoms with van der Waals surface area (Å²) in [5.41, 5.74) is 1.83. The lowest BCUT2D eigenvalue weighted by Gasteiger charge is -2.27. The molecule has 1 aromatic rings. The van der Waals surface area contributed by atoms with Crippen molar-refractivity contribution in [3.05, 3.63) is 47.8 Å². The van der Waals surface area contributed by atoms with Crippen molar-refractivity contribution in [2.45, 2.75) is 64.4 Å². The molecule has 1 saturated carbocycles. The monoisotopic (exact) mass is 304 g/mol. The van der Waals surface area contributed by atoms with Crippen molar-refractivity contribution in [3.63, 3.8) is 0 Å². The van der Waals surface area contributed by atoms with Crippen LogP contribution in [0.15, 0.2) is 30.9 Å². The number of ether oxygens (including phenoxy) is 1. The number of allylic oxidation sites excluding steroid dienone is 1. The van der Waals surface area contributed by atoms with Crippen molar-refractivity contribution in [1.82, 2.24) is 0 Å². The molecule has 0 atom stereocenters. The average Bonchev–Trinajstić information content (AvgIpc) is 2.55. The van der Waals surface area contributed by atoms with Crippen LogP contribution in [0.25, 0.3) is 0 Å². The van der Waals surface area contributed by atoms with Crippen LogP contribution < -0.4 is 0 Å². The van der Waals surface area contributed by atoms with Gasteiger partial charge in [-0.15, -0.1) is 6.58 Å². The highest BCUT2D eigenvalue weighted by Crippen LogP contribution is 2.37. The van der Waals surface area contributed by atoms with Crippen LogP contribution in [0, 0.1) is 11.7 Å². The minimum absolute atomic E-state index is 0.0586. The summed E-state index contributed by atoms with van der Waals surface area (Å²) in [6, 6.07) is 5.66. The van der Waals surface area contributed by atoms with Gasteiger partial charge in [-0.1, -0.05) is 38.0 Å². The first-order valence-electron chi connectivity index (χ1n) is 8.73. The fourth-order valence-corrected chi connectivity index (χ4v) is 3.30. The SMILES string of the molecule is C=C[C@H]1CC[C@H](c2ccc(COCCCCC)cc2F)CC1. The van der Waals surface area contributed by atoms with Crippen molar-refractivity contribution < 1.29 is 9.13 Å². The molecule has 2 heteroatoms. The Bertz CT molecular complexity index is 461. The summed E-state index contributed by atoms with van der Waals surface area (Å²) >= 11 is 0. The number of rotatable bonds is 8. The minimum Gasteiger partial charge on any atom is -0.377 e. The molecule has 1 fully saturated rings. The molecule has 1 aliphatic rings. The molecule has 0 radical (unpaired) electrons. The summed E-state index contributed by atoms with van der Waals surface area (Å²) in [7, 11) is 0. The molecular weight excluding hydrogens is 275 g/mol. The number of hydrogen-bond donors (Lipinski definition) is 0. The molecule has 1 nitrogen and oxygen atoms in total. The standard InChI is InChI=1S/C20H29FO/c1-3-5-6-13-22-15-17-9-12-19(20(21)14-17)18-10-7-16(4-2)8-11-18/h4,9,12,14,16,18H,2-3,5-8,10-11,13,15H2,1H3/t16-,18-. The summed E-state index contributed by atoms with van der Waals surface area (Å²) in [5, 5.41) is 0. The highest BCUT2D eigenvalue weighted by atomic mass is 19.1. The summed E-state index contributed by atoms with van der Waals surface area (Å²) in [4.78, 5) is 0. The van der Waals surface area contributed by atoms with Gasteiger partial charge in [0.2, 0.25) is 0 Å². The van der Waals surface area contributed by atoms with E-state index in [-0.39, 0.29) is 5.82 Å². The van der Waals surface area contributed by atoms with E-state index >= 15 is 0 Å². The largest absolute Gasteiger partial charge is 0.377 e. The van der Waals surface area contributed by atoms with E-state index in [0.717, 1.165) is 49.8 Å². The Kier molecular flexibility index (Phi) is 7.11. The van der Waals surface area contributed by atoms with Crippen molar-refractivity contribution in [2.24, 2.45) is 5.92 Å². The van der Waals surface area contributed by atoms with Gasteiger partial charge in [0.15, 0.2) is 0 Å². The summed E-state index contributed by atoms with van der Waals surface area (Å²) in [6.07, 6.45) is 9.93. The Morgan fingerprint density at radius 1 is 1.23 bits per heavy atom. The molecule has 0 unspecified atom stereocenters. The molecule has 0 aromatic heterocycles. The van der Waals surface area contributed by atoms with Gasteiger partial charge in [-0.3, -0.25) is 0 Å². The van der Waals surface area contributed by atoms with Gasteiger partial charge in [-0.2, -0.15) is 0 Å². The van der Waals surface area contributed by atoms with Crippen LogP contribution in [0.1, 0.15) is 68.9 Å². The Hall–Kier alpha value is -1.15. The van der Waals surface area contributed by atoms with Gasteiger partial charge in [0.25, 0.3) is 0 Å². The Labute approximate surface area is 134 Å². The maximum Gasteiger partial charge on any atom is 0.127 e. The molecule has 1 aliphatic carbocycles. The summed E-state index contributed by atoms with van der Waals surface area (Å²) in [5.74, 6) is 0.933. The molecule has 2 rings (SSSR count). The van der Waals surface area contributed by atoms with E-state index in [1.54, 1.807) is 6.07 Å². The predicted octanol–water partition coefficient (Wildman–Crippen LogP) is 5.99. The third kappa shape index (κ3) is 4.95. The Morgan fingerprint density at radius 2 is 2.00 bits per heavy atom. The van der Waals surface area contributed by atoms with Crippen molar-refractivity contribution in [1.29, 1.82) is 0 Å². The average molecular weight is 304 g/mol. The van der Waals surface area contributed by atoms with Gasteiger partial charge in [-0.25, -0.2) is 4.39 Å². The first-order chi connectivity index (χ1) is 10.7. The third-order valence-corrected chi connectivity index (χ3v) is 4.77. The smallest absolute Gasteiger partial charge is 0.127 e. The zero-order chi connectivity index (χ0) is 15.8. The van der Waals surface area contributed by atoms with Crippen LogP contribution in [-0.4, -0.2) is 6.61 Å². The Morgan fingerprint density at radius 3 is 2.64 bits per heavy atom. The minimum atomic E-state index is -0.0586.